The molecule has 4 nitrogen and oxygen atoms in total. The van der Waals surface area contributed by atoms with Crippen LogP contribution in [0.25, 0.3) is 11.3 Å². The average Bonchev–Trinajstić information content (AvgIpc) is 2.92. The van der Waals surface area contributed by atoms with Crippen LogP contribution < -0.4 is 0 Å². The fraction of sp³-hybridized carbons (Fsp3) is 0.167. The summed E-state index contributed by atoms with van der Waals surface area (Å²) in [5, 5.41) is 17.5. The molecule has 0 unspecified atom stereocenters. The van der Waals surface area contributed by atoms with Crippen LogP contribution in [0.1, 0.15) is 22.4 Å². The summed E-state index contributed by atoms with van der Waals surface area (Å²) in [5.74, 6) is 0. The van der Waals surface area contributed by atoms with E-state index in [1.165, 1.54) is 11.1 Å². The Morgan fingerprint density at radius 2 is 1.91 bits per heavy atom. The van der Waals surface area contributed by atoms with Gasteiger partial charge in [-0.3, -0.25) is 0 Å². The van der Waals surface area contributed by atoms with Gasteiger partial charge in [0.2, 0.25) is 0 Å². The molecule has 0 amide bonds. The summed E-state index contributed by atoms with van der Waals surface area (Å²) in [5.41, 5.74) is 5.62. The van der Waals surface area contributed by atoms with Crippen molar-refractivity contribution in [1.29, 1.82) is 5.26 Å². The first kappa shape index (κ1) is 14.0. The van der Waals surface area contributed by atoms with Gasteiger partial charge >= 0.3 is 0 Å². The summed E-state index contributed by atoms with van der Waals surface area (Å²) in [7, 11) is 0. The van der Waals surface area contributed by atoms with Crippen molar-refractivity contribution in [2.75, 3.05) is 0 Å². The van der Waals surface area contributed by atoms with Crippen molar-refractivity contribution >= 4 is 0 Å². The number of hydrogen-bond acceptors (Lipinski definition) is 3. The predicted octanol–water partition coefficient (Wildman–Crippen LogP) is 3.48. The monoisotopic (exact) mass is 288 g/mol. The molecule has 0 aliphatic carbocycles. The molecule has 0 saturated carbocycles. The van der Waals surface area contributed by atoms with E-state index in [9.17, 15) is 5.26 Å². The lowest BCUT2D eigenvalue weighted by molar-refractivity contribution is 0.653. The first-order valence-electron chi connectivity index (χ1n) is 7.14. The number of hydrogen-bond donors (Lipinski definition) is 0. The first-order valence-corrected chi connectivity index (χ1v) is 7.14. The molecule has 0 saturated heterocycles. The number of aryl methyl sites for hydroxylation is 2. The molecule has 22 heavy (non-hydrogen) atoms. The zero-order valence-electron chi connectivity index (χ0n) is 12.6. The van der Waals surface area contributed by atoms with Crippen LogP contribution in [-0.4, -0.2) is 15.0 Å². The minimum absolute atomic E-state index is 0.360. The van der Waals surface area contributed by atoms with Gasteiger partial charge in [0.05, 0.1) is 6.54 Å². The van der Waals surface area contributed by atoms with E-state index >= 15 is 0 Å². The molecule has 0 spiro atoms. The second-order valence-corrected chi connectivity index (χ2v) is 5.35. The number of benzene rings is 2. The fourth-order valence-corrected chi connectivity index (χ4v) is 2.53. The molecule has 0 N–H and O–H groups in total. The SMILES string of the molecule is Cc1cccc(-c2c(C#N)nnn2Cc2ccccc2C)c1. The zero-order chi connectivity index (χ0) is 15.5. The maximum atomic E-state index is 9.32. The van der Waals surface area contributed by atoms with Crippen LogP contribution in [0.5, 0.6) is 0 Å². The number of aromatic nitrogens is 3. The minimum Gasteiger partial charge on any atom is -0.239 e. The van der Waals surface area contributed by atoms with E-state index in [2.05, 4.69) is 35.4 Å². The van der Waals surface area contributed by atoms with Crippen LogP contribution in [0.3, 0.4) is 0 Å². The molecule has 0 bridgehead atoms. The largest absolute Gasteiger partial charge is 0.239 e. The van der Waals surface area contributed by atoms with Gasteiger partial charge in [-0.15, -0.1) is 5.10 Å². The van der Waals surface area contributed by atoms with Crippen LogP contribution in [0.15, 0.2) is 48.5 Å². The fourth-order valence-electron chi connectivity index (χ4n) is 2.53. The van der Waals surface area contributed by atoms with Gasteiger partial charge in [-0.2, -0.15) is 5.26 Å². The van der Waals surface area contributed by atoms with Crippen molar-refractivity contribution < 1.29 is 0 Å². The lowest BCUT2D eigenvalue weighted by atomic mass is 10.1. The molecule has 1 aromatic heterocycles. The number of nitrogens with zero attached hydrogens (tertiary/aromatic N) is 4. The highest BCUT2D eigenvalue weighted by atomic mass is 15.4. The summed E-state index contributed by atoms with van der Waals surface area (Å²) in [6.45, 7) is 4.71. The van der Waals surface area contributed by atoms with E-state index in [1.54, 1.807) is 4.68 Å². The third kappa shape index (κ3) is 2.61. The van der Waals surface area contributed by atoms with E-state index < -0.39 is 0 Å². The maximum absolute atomic E-state index is 9.32. The van der Waals surface area contributed by atoms with Gasteiger partial charge in [-0.05, 0) is 31.0 Å². The Bertz CT molecular complexity index is 856. The van der Waals surface area contributed by atoms with E-state index in [1.807, 2.05) is 43.3 Å². The summed E-state index contributed by atoms with van der Waals surface area (Å²) in [6, 6.07) is 18.4. The highest BCUT2D eigenvalue weighted by Gasteiger charge is 2.15. The van der Waals surface area contributed by atoms with Crippen molar-refractivity contribution in [3.05, 3.63) is 70.9 Å². The van der Waals surface area contributed by atoms with Gasteiger partial charge < -0.3 is 0 Å². The number of rotatable bonds is 3. The summed E-state index contributed by atoms with van der Waals surface area (Å²) >= 11 is 0. The molecule has 0 aliphatic heterocycles. The highest BCUT2D eigenvalue weighted by molar-refractivity contribution is 5.65. The molecular weight excluding hydrogens is 272 g/mol. The van der Waals surface area contributed by atoms with Gasteiger partial charge in [-0.1, -0.05) is 53.2 Å². The summed E-state index contributed by atoms with van der Waals surface area (Å²) in [4.78, 5) is 0. The molecular formula is C18H16N4. The van der Waals surface area contributed by atoms with E-state index in [0.29, 0.717) is 12.2 Å². The average molecular weight is 288 g/mol. The molecule has 2 aromatic carbocycles. The molecule has 3 rings (SSSR count). The van der Waals surface area contributed by atoms with Crippen LogP contribution in [-0.2, 0) is 6.54 Å². The van der Waals surface area contributed by atoms with Crippen molar-refractivity contribution in [2.24, 2.45) is 0 Å². The van der Waals surface area contributed by atoms with Crippen LogP contribution in [0, 0.1) is 25.2 Å². The lowest BCUT2D eigenvalue weighted by Gasteiger charge is -2.09. The van der Waals surface area contributed by atoms with Crippen molar-refractivity contribution in [1.82, 2.24) is 15.0 Å². The third-order valence-corrected chi connectivity index (χ3v) is 3.71. The van der Waals surface area contributed by atoms with Crippen LogP contribution >= 0.6 is 0 Å². The Balaban J connectivity index is 2.09. The Labute approximate surface area is 129 Å². The lowest BCUT2D eigenvalue weighted by Crippen LogP contribution is -2.05. The standard InChI is InChI=1S/C18H16N4/c1-13-6-5-9-15(10-13)18-17(11-19)20-21-22(18)12-16-8-4-3-7-14(16)2/h3-10H,12H2,1-2H3. The Morgan fingerprint density at radius 3 is 2.64 bits per heavy atom. The molecule has 0 atom stereocenters. The van der Waals surface area contributed by atoms with Crippen LogP contribution in [0.2, 0.25) is 0 Å². The van der Waals surface area contributed by atoms with Crippen LogP contribution in [0.4, 0.5) is 0 Å². The minimum atomic E-state index is 0.360. The molecule has 0 aliphatic rings. The van der Waals surface area contributed by atoms with Gasteiger partial charge in [0.25, 0.3) is 0 Å². The maximum Gasteiger partial charge on any atom is 0.190 e. The molecule has 0 radical (unpaired) electrons. The third-order valence-electron chi connectivity index (χ3n) is 3.71. The van der Waals surface area contributed by atoms with Gasteiger partial charge in [-0.25, -0.2) is 4.68 Å². The zero-order valence-corrected chi connectivity index (χ0v) is 12.6. The predicted molar refractivity (Wildman–Crippen MR) is 85.2 cm³/mol. The second kappa shape index (κ2) is 5.82. The van der Waals surface area contributed by atoms with Crippen molar-refractivity contribution in [3.63, 3.8) is 0 Å². The summed E-state index contributed by atoms with van der Waals surface area (Å²) in [6.07, 6.45) is 0. The number of nitriles is 1. The van der Waals surface area contributed by atoms with Crippen molar-refractivity contribution in [3.8, 4) is 17.3 Å². The molecule has 3 aromatic rings. The Hall–Kier alpha value is -2.93. The normalized spacial score (nSPS) is 10.4. The topological polar surface area (TPSA) is 54.5 Å². The van der Waals surface area contributed by atoms with Gasteiger partial charge in [0.1, 0.15) is 11.8 Å². The van der Waals surface area contributed by atoms with Gasteiger partial charge in [0, 0.05) is 5.56 Å². The van der Waals surface area contributed by atoms with Gasteiger partial charge in [0.15, 0.2) is 5.69 Å². The smallest absolute Gasteiger partial charge is 0.190 e. The van der Waals surface area contributed by atoms with E-state index in [-0.39, 0.29) is 0 Å². The first-order chi connectivity index (χ1) is 10.7. The summed E-state index contributed by atoms with van der Waals surface area (Å²) < 4.78 is 1.80. The van der Waals surface area contributed by atoms with E-state index in [0.717, 1.165) is 16.8 Å². The molecule has 4 heteroatoms. The van der Waals surface area contributed by atoms with E-state index in [4.69, 9.17) is 0 Å². The van der Waals surface area contributed by atoms with Crippen molar-refractivity contribution in [2.45, 2.75) is 20.4 Å². The molecule has 1 heterocycles. The Morgan fingerprint density at radius 1 is 1.09 bits per heavy atom. The quantitative estimate of drug-likeness (QED) is 0.741. The second-order valence-electron chi connectivity index (χ2n) is 5.35. The highest BCUT2D eigenvalue weighted by Crippen LogP contribution is 2.24. The Kier molecular flexibility index (Phi) is 3.71. The molecule has 108 valence electrons. The molecule has 0 fully saturated rings.